The molecular weight excluding hydrogens is 458 g/mol. The van der Waals surface area contributed by atoms with Crippen molar-refractivity contribution in [3.05, 3.63) is 59.0 Å². The summed E-state index contributed by atoms with van der Waals surface area (Å²) in [5.74, 6) is -1.45. The first-order valence-corrected chi connectivity index (χ1v) is 11.4. The number of ether oxygens (including phenoxy) is 2. The van der Waals surface area contributed by atoms with Crippen LogP contribution in [0.4, 0.5) is 4.79 Å². The van der Waals surface area contributed by atoms with Gasteiger partial charge < -0.3 is 19.9 Å². The van der Waals surface area contributed by atoms with Crippen LogP contribution in [0.2, 0.25) is 0 Å². The minimum absolute atomic E-state index is 0.125. The fourth-order valence-corrected chi connectivity index (χ4v) is 4.08. The second kappa shape index (κ2) is 10.1. The second-order valence-corrected chi connectivity index (χ2v) is 9.48. The quantitative estimate of drug-likeness (QED) is 0.495. The van der Waals surface area contributed by atoms with E-state index in [0.29, 0.717) is 5.56 Å². The number of aryl methyl sites for hydroxylation is 1. The van der Waals surface area contributed by atoms with Crippen molar-refractivity contribution in [1.82, 2.24) is 14.9 Å². The Labute approximate surface area is 201 Å². The number of carbonyl (C=O) groups excluding carboxylic acids is 3. The molecule has 0 aliphatic heterocycles. The highest BCUT2D eigenvalue weighted by atomic mass is 32.1. The highest BCUT2D eigenvalue weighted by Crippen LogP contribution is 2.29. The van der Waals surface area contributed by atoms with Crippen LogP contribution in [-0.4, -0.2) is 45.3 Å². The van der Waals surface area contributed by atoms with Gasteiger partial charge in [0.15, 0.2) is 0 Å². The number of hydrogen-bond donors (Lipinski definition) is 2. The van der Waals surface area contributed by atoms with Crippen molar-refractivity contribution >= 4 is 29.3 Å². The highest BCUT2D eigenvalue weighted by Gasteiger charge is 2.26. The third kappa shape index (κ3) is 6.02. The zero-order chi connectivity index (χ0) is 25.0. The Morgan fingerprint density at radius 2 is 1.88 bits per heavy atom. The van der Waals surface area contributed by atoms with Gasteiger partial charge in [-0.2, -0.15) is 0 Å². The van der Waals surface area contributed by atoms with E-state index in [-0.39, 0.29) is 17.9 Å². The maximum Gasteiger partial charge on any atom is 0.419 e. The summed E-state index contributed by atoms with van der Waals surface area (Å²) >= 11 is 1.52. The third-order valence-corrected chi connectivity index (χ3v) is 5.83. The predicted octanol–water partition coefficient (Wildman–Crippen LogP) is 4.44. The summed E-state index contributed by atoms with van der Waals surface area (Å²) in [6, 6.07) is 7.83. The third-order valence-electron chi connectivity index (χ3n) is 4.85. The average Bonchev–Trinajstić information content (AvgIpc) is 3.37. The molecule has 0 saturated heterocycles. The standard InChI is InChI=1S/C24H27N3O6S/c1-14-21(34-13-25-14)16-8-6-15(7-9-16)18(11-20(29)32-5)26-22(30)19-10-17(28)12-27(19)23(31)33-24(2,3)4/h6-10,12-13,18,28H,11H2,1-5H3,(H,26,30)/t18-/m0/s1. The van der Waals surface area contributed by atoms with E-state index in [0.717, 1.165) is 33.0 Å². The van der Waals surface area contributed by atoms with E-state index in [1.807, 2.05) is 31.2 Å². The van der Waals surface area contributed by atoms with Gasteiger partial charge in [0.05, 0.1) is 41.9 Å². The Morgan fingerprint density at radius 3 is 2.44 bits per heavy atom. The number of nitrogens with one attached hydrogen (secondary N) is 1. The van der Waals surface area contributed by atoms with Crippen molar-refractivity contribution in [3.63, 3.8) is 0 Å². The van der Waals surface area contributed by atoms with Gasteiger partial charge in [-0.25, -0.2) is 14.3 Å². The van der Waals surface area contributed by atoms with Crippen molar-refractivity contribution in [2.45, 2.75) is 45.8 Å². The molecular formula is C24H27N3O6S. The first-order chi connectivity index (χ1) is 16.0. The molecule has 2 N–H and O–H groups in total. The summed E-state index contributed by atoms with van der Waals surface area (Å²) in [4.78, 5) is 43.0. The largest absolute Gasteiger partial charge is 0.506 e. The molecule has 0 spiro atoms. The molecule has 0 bridgehead atoms. The normalized spacial score (nSPS) is 12.1. The van der Waals surface area contributed by atoms with E-state index >= 15 is 0 Å². The van der Waals surface area contributed by atoms with Crippen LogP contribution < -0.4 is 5.32 Å². The first kappa shape index (κ1) is 25.0. The summed E-state index contributed by atoms with van der Waals surface area (Å²) in [6.45, 7) is 7.00. The van der Waals surface area contributed by atoms with Crippen molar-refractivity contribution in [3.8, 4) is 16.2 Å². The maximum atomic E-state index is 13.1. The van der Waals surface area contributed by atoms with Crippen LogP contribution in [0.15, 0.2) is 42.0 Å². The predicted molar refractivity (Wildman–Crippen MR) is 127 cm³/mol. The van der Waals surface area contributed by atoms with E-state index in [2.05, 4.69) is 10.3 Å². The van der Waals surface area contributed by atoms with Gasteiger partial charge in [0.2, 0.25) is 0 Å². The van der Waals surface area contributed by atoms with Crippen molar-refractivity contribution in [2.75, 3.05) is 7.11 Å². The molecule has 0 aliphatic carbocycles. The number of hydrogen-bond acceptors (Lipinski definition) is 8. The van der Waals surface area contributed by atoms with Crippen LogP contribution >= 0.6 is 11.3 Å². The molecule has 1 amide bonds. The molecule has 1 aromatic carbocycles. The van der Waals surface area contributed by atoms with E-state index in [9.17, 15) is 19.5 Å². The molecule has 0 radical (unpaired) electrons. The van der Waals surface area contributed by atoms with Crippen LogP contribution in [0, 0.1) is 6.92 Å². The van der Waals surface area contributed by atoms with E-state index < -0.39 is 29.6 Å². The van der Waals surface area contributed by atoms with Crippen molar-refractivity contribution in [2.24, 2.45) is 0 Å². The van der Waals surface area contributed by atoms with Crippen molar-refractivity contribution in [1.29, 1.82) is 0 Å². The Hall–Kier alpha value is -3.66. The lowest BCUT2D eigenvalue weighted by Gasteiger charge is -2.21. The summed E-state index contributed by atoms with van der Waals surface area (Å²) in [5, 5.41) is 12.7. The SMILES string of the molecule is COC(=O)C[C@H](NC(=O)c1cc(O)cn1C(=O)OC(C)(C)C)c1ccc(-c2scnc2C)cc1. The van der Waals surface area contributed by atoms with Gasteiger partial charge in [-0.1, -0.05) is 24.3 Å². The molecule has 0 fully saturated rings. The number of rotatable bonds is 6. The van der Waals surface area contributed by atoms with E-state index in [1.165, 1.54) is 18.4 Å². The van der Waals surface area contributed by atoms with Crippen LogP contribution in [0.25, 0.3) is 10.4 Å². The van der Waals surface area contributed by atoms with Crippen LogP contribution in [0.3, 0.4) is 0 Å². The number of methoxy groups -OCH3 is 1. The number of amides is 1. The smallest absolute Gasteiger partial charge is 0.419 e. The highest BCUT2D eigenvalue weighted by molar-refractivity contribution is 7.13. The summed E-state index contributed by atoms with van der Waals surface area (Å²) in [5.41, 5.74) is 3.41. The number of carbonyl (C=O) groups is 3. The first-order valence-electron chi connectivity index (χ1n) is 10.5. The molecule has 0 aliphatic rings. The molecule has 3 rings (SSSR count). The Kier molecular flexibility index (Phi) is 7.41. The molecule has 3 aromatic rings. The number of thiazole rings is 1. The summed E-state index contributed by atoms with van der Waals surface area (Å²) < 4.78 is 11.0. The Balaban J connectivity index is 1.87. The summed E-state index contributed by atoms with van der Waals surface area (Å²) in [7, 11) is 1.27. The van der Waals surface area contributed by atoms with E-state index in [1.54, 1.807) is 26.3 Å². The number of benzene rings is 1. The Morgan fingerprint density at radius 1 is 1.21 bits per heavy atom. The molecule has 0 saturated carbocycles. The molecule has 9 nitrogen and oxygen atoms in total. The fourth-order valence-electron chi connectivity index (χ4n) is 3.27. The van der Waals surface area contributed by atoms with Crippen LogP contribution in [0.5, 0.6) is 5.75 Å². The lowest BCUT2D eigenvalue weighted by atomic mass is 10.0. The summed E-state index contributed by atoms with van der Waals surface area (Å²) in [6.07, 6.45) is 0.164. The van der Waals surface area contributed by atoms with Crippen LogP contribution in [0.1, 0.15) is 55.0 Å². The Bertz CT molecular complexity index is 1190. The van der Waals surface area contributed by atoms with Gasteiger partial charge in [0.1, 0.15) is 17.0 Å². The van der Waals surface area contributed by atoms with Gasteiger partial charge in [-0.3, -0.25) is 9.59 Å². The van der Waals surface area contributed by atoms with Crippen molar-refractivity contribution < 1.29 is 29.0 Å². The molecule has 34 heavy (non-hydrogen) atoms. The van der Waals surface area contributed by atoms with Gasteiger partial charge in [0, 0.05) is 6.07 Å². The fraction of sp³-hybridized carbons (Fsp3) is 0.333. The zero-order valence-corrected chi connectivity index (χ0v) is 20.4. The zero-order valence-electron chi connectivity index (χ0n) is 19.6. The monoisotopic (exact) mass is 485 g/mol. The maximum absolute atomic E-state index is 13.1. The topological polar surface area (TPSA) is 120 Å². The molecule has 10 heteroatoms. The number of esters is 1. The number of nitrogens with zero attached hydrogens (tertiary/aromatic N) is 2. The van der Waals surface area contributed by atoms with E-state index in [4.69, 9.17) is 9.47 Å². The molecule has 0 unspecified atom stereocenters. The van der Waals surface area contributed by atoms with Gasteiger partial charge in [0.25, 0.3) is 5.91 Å². The lowest BCUT2D eigenvalue weighted by molar-refractivity contribution is -0.141. The lowest BCUT2D eigenvalue weighted by Crippen LogP contribution is -2.34. The molecule has 2 heterocycles. The number of aromatic hydroxyl groups is 1. The molecule has 180 valence electrons. The second-order valence-electron chi connectivity index (χ2n) is 8.63. The van der Waals surface area contributed by atoms with Gasteiger partial charge in [-0.05, 0) is 38.8 Å². The van der Waals surface area contributed by atoms with Gasteiger partial charge in [-0.15, -0.1) is 11.3 Å². The number of aromatic nitrogens is 2. The molecule has 1 atom stereocenters. The minimum Gasteiger partial charge on any atom is -0.506 e. The molecule has 2 aromatic heterocycles. The van der Waals surface area contributed by atoms with Crippen LogP contribution in [-0.2, 0) is 14.3 Å². The van der Waals surface area contributed by atoms with Gasteiger partial charge >= 0.3 is 12.1 Å². The minimum atomic E-state index is -0.813. The average molecular weight is 486 g/mol.